The van der Waals surface area contributed by atoms with Gasteiger partial charge < -0.3 is 15.4 Å². The Hall–Kier alpha value is -2.34. The molecule has 2 aliphatic rings. The van der Waals surface area contributed by atoms with Crippen LogP contribution in [-0.2, 0) is 9.59 Å². The molecular formula is C22H31N3O3. The second-order valence-electron chi connectivity index (χ2n) is 8.27. The number of amides is 2. The zero-order valence-corrected chi connectivity index (χ0v) is 17.3. The third-order valence-corrected chi connectivity index (χ3v) is 5.69. The van der Waals surface area contributed by atoms with Gasteiger partial charge in [-0.25, -0.2) is 0 Å². The minimum absolute atomic E-state index is 0.0664. The first-order valence-electron chi connectivity index (χ1n) is 10.0. The fourth-order valence-electron chi connectivity index (χ4n) is 4.36. The van der Waals surface area contributed by atoms with E-state index in [-0.39, 0.29) is 17.7 Å². The number of benzene rings is 1. The number of piperidine rings is 1. The standard InChI is InChI=1S/C22H31N3O3/c1-5-28-17-6-7-19-18(12-17)15(2)13-22(3,4)25(19)20(26)14-24-10-8-16(9-11-24)21(23)27/h6-7,12-13,16H,5,8-11,14H2,1-4H3,(H2,23,27). The number of carbonyl (C=O) groups is 2. The van der Waals surface area contributed by atoms with Crippen LogP contribution >= 0.6 is 0 Å². The van der Waals surface area contributed by atoms with Crippen LogP contribution in [0.15, 0.2) is 24.3 Å². The Morgan fingerprint density at radius 1 is 1.25 bits per heavy atom. The minimum Gasteiger partial charge on any atom is -0.494 e. The Labute approximate surface area is 167 Å². The predicted octanol–water partition coefficient (Wildman–Crippen LogP) is 2.81. The molecule has 0 spiro atoms. The number of nitrogens with two attached hydrogens (primary N) is 1. The van der Waals surface area contributed by atoms with Crippen molar-refractivity contribution in [3.05, 3.63) is 29.8 Å². The minimum atomic E-state index is -0.410. The number of primary amides is 1. The number of ether oxygens (including phenoxy) is 1. The van der Waals surface area contributed by atoms with E-state index < -0.39 is 5.54 Å². The lowest BCUT2D eigenvalue weighted by atomic mass is 9.88. The highest BCUT2D eigenvalue weighted by Crippen LogP contribution is 2.40. The van der Waals surface area contributed by atoms with Crippen LogP contribution in [0, 0.1) is 5.92 Å². The van der Waals surface area contributed by atoms with Crippen molar-refractivity contribution in [2.24, 2.45) is 11.7 Å². The summed E-state index contributed by atoms with van der Waals surface area (Å²) in [7, 11) is 0. The molecule has 1 saturated heterocycles. The third-order valence-electron chi connectivity index (χ3n) is 5.69. The molecule has 1 aromatic rings. The molecule has 28 heavy (non-hydrogen) atoms. The lowest BCUT2D eigenvalue weighted by Crippen LogP contribution is -2.53. The molecule has 2 N–H and O–H groups in total. The fourth-order valence-corrected chi connectivity index (χ4v) is 4.36. The van der Waals surface area contributed by atoms with Crippen LogP contribution in [0.25, 0.3) is 5.57 Å². The van der Waals surface area contributed by atoms with Crippen molar-refractivity contribution in [2.45, 2.75) is 46.1 Å². The molecular weight excluding hydrogens is 354 g/mol. The smallest absolute Gasteiger partial charge is 0.241 e. The summed E-state index contributed by atoms with van der Waals surface area (Å²) in [5.74, 6) is 0.579. The van der Waals surface area contributed by atoms with Gasteiger partial charge in [0, 0.05) is 11.5 Å². The van der Waals surface area contributed by atoms with Gasteiger partial charge in [0.25, 0.3) is 0 Å². The zero-order chi connectivity index (χ0) is 20.5. The van der Waals surface area contributed by atoms with Gasteiger partial charge in [-0.15, -0.1) is 0 Å². The van der Waals surface area contributed by atoms with E-state index in [1.807, 2.05) is 30.0 Å². The van der Waals surface area contributed by atoms with Gasteiger partial charge in [0.15, 0.2) is 0 Å². The number of hydrogen-bond acceptors (Lipinski definition) is 4. The van der Waals surface area contributed by atoms with Gasteiger partial charge in [-0.1, -0.05) is 6.08 Å². The van der Waals surface area contributed by atoms with E-state index in [0.717, 1.165) is 48.5 Å². The van der Waals surface area contributed by atoms with Crippen molar-refractivity contribution in [1.29, 1.82) is 0 Å². The van der Waals surface area contributed by atoms with Gasteiger partial charge in [-0.3, -0.25) is 14.5 Å². The monoisotopic (exact) mass is 385 g/mol. The molecule has 0 unspecified atom stereocenters. The number of likely N-dealkylation sites (tertiary alicyclic amines) is 1. The van der Waals surface area contributed by atoms with Crippen LogP contribution in [0.5, 0.6) is 5.75 Å². The average Bonchev–Trinajstić information content (AvgIpc) is 2.62. The van der Waals surface area contributed by atoms with E-state index in [1.165, 1.54) is 0 Å². The lowest BCUT2D eigenvalue weighted by molar-refractivity contribution is -0.123. The highest BCUT2D eigenvalue weighted by atomic mass is 16.5. The van der Waals surface area contributed by atoms with Crippen molar-refractivity contribution in [1.82, 2.24) is 4.90 Å². The molecule has 2 heterocycles. The Morgan fingerprint density at radius 2 is 1.93 bits per heavy atom. The maximum Gasteiger partial charge on any atom is 0.241 e. The first-order chi connectivity index (χ1) is 13.2. The van der Waals surface area contributed by atoms with Crippen LogP contribution < -0.4 is 15.4 Å². The number of hydrogen-bond donors (Lipinski definition) is 1. The molecule has 6 nitrogen and oxygen atoms in total. The normalized spacial score (nSPS) is 19.7. The van der Waals surface area contributed by atoms with E-state index in [2.05, 4.69) is 31.7 Å². The molecule has 2 aliphatic heterocycles. The van der Waals surface area contributed by atoms with Crippen LogP contribution in [0.4, 0.5) is 5.69 Å². The predicted molar refractivity (Wildman–Crippen MR) is 111 cm³/mol. The molecule has 0 radical (unpaired) electrons. The molecule has 0 aromatic heterocycles. The Kier molecular flexibility index (Phi) is 5.79. The topological polar surface area (TPSA) is 75.9 Å². The number of fused-ring (bicyclic) bond motifs is 1. The number of anilines is 1. The Bertz CT molecular complexity index is 792. The summed E-state index contributed by atoms with van der Waals surface area (Å²) < 4.78 is 5.64. The van der Waals surface area contributed by atoms with Crippen molar-refractivity contribution in [3.8, 4) is 5.75 Å². The number of allylic oxidation sites excluding steroid dienone is 1. The SMILES string of the molecule is CCOc1ccc2c(c1)C(C)=CC(C)(C)N2C(=O)CN1CCC(C(N)=O)CC1. The largest absolute Gasteiger partial charge is 0.494 e. The highest BCUT2D eigenvalue weighted by molar-refractivity contribution is 6.01. The van der Waals surface area contributed by atoms with Gasteiger partial charge in [0.1, 0.15) is 5.75 Å². The summed E-state index contributed by atoms with van der Waals surface area (Å²) in [6.45, 7) is 10.6. The van der Waals surface area contributed by atoms with Gasteiger partial charge >= 0.3 is 0 Å². The zero-order valence-electron chi connectivity index (χ0n) is 17.3. The van der Waals surface area contributed by atoms with Crippen molar-refractivity contribution >= 4 is 23.1 Å². The number of carbonyl (C=O) groups excluding carboxylic acids is 2. The molecule has 0 aliphatic carbocycles. The maximum atomic E-state index is 13.3. The second kappa shape index (κ2) is 7.95. The maximum absolute atomic E-state index is 13.3. The molecule has 0 bridgehead atoms. The quantitative estimate of drug-likeness (QED) is 0.846. The highest BCUT2D eigenvalue weighted by Gasteiger charge is 2.37. The summed E-state index contributed by atoms with van der Waals surface area (Å²) in [5.41, 5.74) is 8.11. The molecule has 2 amide bonds. The van der Waals surface area contributed by atoms with Crippen LogP contribution in [0.1, 0.15) is 46.1 Å². The van der Waals surface area contributed by atoms with Crippen LogP contribution in [-0.4, -0.2) is 48.5 Å². The van der Waals surface area contributed by atoms with Crippen molar-refractivity contribution in [2.75, 3.05) is 31.1 Å². The summed E-state index contributed by atoms with van der Waals surface area (Å²) in [6, 6.07) is 5.92. The molecule has 3 rings (SSSR count). The molecule has 0 atom stereocenters. The Balaban J connectivity index is 1.81. The summed E-state index contributed by atoms with van der Waals surface area (Å²) in [6.07, 6.45) is 3.58. The van der Waals surface area contributed by atoms with Crippen molar-refractivity contribution in [3.63, 3.8) is 0 Å². The third kappa shape index (κ3) is 4.07. The molecule has 1 aromatic carbocycles. The van der Waals surface area contributed by atoms with Gasteiger partial charge in [0.2, 0.25) is 11.8 Å². The summed E-state index contributed by atoms with van der Waals surface area (Å²) >= 11 is 0. The summed E-state index contributed by atoms with van der Waals surface area (Å²) in [5, 5.41) is 0. The first kappa shape index (κ1) is 20.4. The van der Waals surface area contributed by atoms with Gasteiger partial charge in [0.05, 0.1) is 24.4 Å². The van der Waals surface area contributed by atoms with Crippen LogP contribution in [0.2, 0.25) is 0 Å². The van der Waals surface area contributed by atoms with E-state index >= 15 is 0 Å². The second-order valence-corrected chi connectivity index (χ2v) is 8.27. The van der Waals surface area contributed by atoms with E-state index in [0.29, 0.717) is 13.2 Å². The van der Waals surface area contributed by atoms with E-state index in [9.17, 15) is 9.59 Å². The van der Waals surface area contributed by atoms with Crippen molar-refractivity contribution < 1.29 is 14.3 Å². The van der Waals surface area contributed by atoms with Gasteiger partial charge in [-0.2, -0.15) is 0 Å². The first-order valence-corrected chi connectivity index (χ1v) is 10.0. The average molecular weight is 386 g/mol. The number of nitrogens with zero attached hydrogens (tertiary/aromatic N) is 2. The molecule has 152 valence electrons. The van der Waals surface area contributed by atoms with Crippen LogP contribution in [0.3, 0.4) is 0 Å². The van der Waals surface area contributed by atoms with E-state index in [1.54, 1.807) is 0 Å². The molecule has 6 heteroatoms. The number of rotatable bonds is 5. The van der Waals surface area contributed by atoms with E-state index in [4.69, 9.17) is 10.5 Å². The Morgan fingerprint density at radius 3 is 2.54 bits per heavy atom. The summed E-state index contributed by atoms with van der Waals surface area (Å²) in [4.78, 5) is 28.7. The fraction of sp³-hybridized carbons (Fsp3) is 0.545. The van der Waals surface area contributed by atoms with Gasteiger partial charge in [-0.05, 0) is 77.4 Å². The lowest BCUT2D eigenvalue weighted by Gasteiger charge is -2.43. The molecule has 0 saturated carbocycles. The molecule has 1 fully saturated rings.